The van der Waals surface area contributed by atoms with Crippen LogP contribution in [0.2, 0.25) is 4.34 Å². The van der Waals surface area contributed by atoms with Gasteiger partial charge in [0.1, 0.15) is 0 Å². The summed E-state index contributed by atoms with van der Waals surface area (Å²) in [7, 11) is 1.68. The smallest absolute Gasteiger partial charge is 0.167 e. The van der Waals surface area contributed by atoms with Crippen LogP contribution in [0.3, 0.4) is 0 Å². The molecule has 6 nitrogen and oxygen atoms in total. The SMILES string of the molecule is COCCNC(C)c1nnnn1CCc1ccc(Cl)s1. The highest BCUT2D eigenvalue weighted by atomic mass is 35.5. The fraction of sp³-hybridized carbons (Fsp3) is 0.583. The van der Waals surface area contributed by atoms with Gasteiger partial charge in [0, 0.05) is 31.5 Å². The van der Waals surface area contributed by atoms with Crippen molar-refractivity contribution in [3.05, 3.63) is 27.2 Å². The molecule has 0 aliphatic carbocycles. The third-order valence-corrected chi connectivity index (χ3v) is 4.19. The highest BCUT2D eigenvalue weighted by Crippen LogP contribution is 2.22. The van der Waals surface area contributed by atoms with Crippen LogP contribution < -0.4 is 5.32 Å². The molecule has 1 atom stereocenters. The quantitative estimate of drug-likeness (QED) is 0.754. The third kappa shape index (κ3) is 4.24. The number of rotatable bonds is 8. The lowest BCUT2D eigenvalue weighted by Gasteiger charge is -2.12. The minimum atomic E-state index is 0.0899. The van der Waals surface area contributed by atoms with Gasteiger partial charge >= 0.3 is 0 Å². The van der Waals surface area contributed by atoms with E-state index in [2.05, 4.69) is 20.8 Å². The highest BCUT2D eigenvalue weighted by Gasteiger charge is 2.13. The molecule has 0 radical (unpaired) electrons. The van der Waals surface area contributed by atoms with Crippen molar-refractivity contribution in [3.63, 3.8) is 0 Å². The molecule has 2 aromatic heterocycles. The molecule has 0 aliphatic rings. The summed E-state index contributed by atoms with van der Waals surface area (Å²) in [5, 5.41) is 15.2. The van der Waals surface area contributed by atoms with Crippen LogP contribution >= 0.6 is 22.9 Å². The van der Waals surface area contributed by atoms with Crippen LogP contribution in [0.15, 0.2) is 12.1 Å². The second kappa shape index (κ2) is 7.68. The Morgan fingerprint density at radius 3 is 3.05 bits per heavy atom. The van der Waals surface area contributed by atoms with E-state index in [1.165, 1.54) is 4.88 Å². The maximum atomic E-state index is 5.92. The first-order valence-corrected chi connectivity index (χ1v) is 7.62. The maximum Gasteiger partial charge on any atom is 0.167 e. The van der Waals surface area contributed by atoms with Crippen LogP contribution in [0, 0.1) is 0 Å². The van der Waals surface area contributed by atoms with E-state index in [1.807, 2.05) is 23.7 Å². The van der Waals surface area contributed by atoms with Gasteiger partial charge < -0.3 is 10.1 Å². The molecule has 1 N–H and O–H groups in total. The standard InChI is InChI=1S/C12H18ClN5OS/c1-9(14-6-8-19-2)12-15-16-17-18(12)7-5-10-3-4-11(13)20-10/h3-4,9,14H,5-8H2,1-2H3. The Balaban J connectivity index is 1.90. The van der Waals surface area contributed by atoms with Crippen LogP contribution in [0.1, 0.15) is 23.7 Å². The van der Waals surface area contributed by atoms with Gasteiger partial charge in [-0.15, -0.1) is 16.4 Å². The highest BCUT2D eigenvalue weighted by molar-refractivity contribution is 7.16. The molecule has 0 aromatic carbocycles. The topological polar surface area (TPSA) is 64.9 Å². The van der Waals surface area contributed by atoms with Gasteiger partial charge in [-0.05, 0) is 29.5 Å². The Morgan fingerprint density at radius 2 is 2.35 bits per heavy atom. The van der Waals surface area contributed by atoms with Crippen molar-refractivity contribution in [3.8, 4) is 0 Å². The molecule has 0 amide bonds. The monoisotopic (exact) mass is 315 g/mol. The number of tetrazole rings is 1. The second-order valence-corrected chi connectivity index (χ2v) is 6.18. The normalized spacial score (nSPS) is 12.8. The summed E-state index contributed by atoms with van der Waals surface area (Å²) in [6.07, 6.45) is 0.875. The Labute approximate surface area is 127 Å². The van der Waals surface area contributed by atoms with Gasteiger partial charge in [-0.25, -0.2) is 4.68 Å². The average Bonchev–Trinajstić information content (AvgIpc) is 3.05. The number of ether oxygens (including phenoxy) is 1. The number of hydrogen-bond donors (Lipinski definition) is 1. The molecule has 2 aromatic rings. The number of methoxy groups -OCH3 is 1. The first-order chi connectivity index (χ1) is 9.70. The fourth-order valence-electron chi connectivity index (χ4n) is 1.85. The predicted octanol–water partition coefficient (Wildman–Crippen LogP) is 1.93. The largest absolute Gasteiger partial charge is 0.383 e. The summed E-state index contributed by atoms with van der Waals surface area (Å²) in [4.78, 5) is 1.23. The molecule has 1 unspecified atom stereocenters. The van der Waals surface area contributed by atoms with Crippen molar-refractivity contribution in [2.45, 2.75) is 25.9 Å². The number of nitrogens with one attached hydrogen (secondary N) is 1. The average molecular weight is 316 g/mol. The van der Waals surface area contributed by atoms with E-state index in [0.717, 1.165) is 29.7 Å². The van der Waals surface area contributed by atoms with E-state index >= 15 is 0 Å². The summed E-state index contributed by atoms with van der Waals surface area (Å²) in [5.41, 5.74) is 0. The van der Waals surface area contributed by atoms with Crippen LogP contribution in [0.5, 0.6) is 0 Å². The van der Waals surface area contributed by atoms with Gasteiger partial charge in [-0.2, -0.15) is 0 Å². The molecule has 0 saturated heterocycles. The number of nitrogens with zero attached hydrogens (tertiary/aromatic N) is 4. The van der Waals surface area contributed by atoms with Gasteiger partial charge in [-0.3, -0.25) is 0 Å². The molecule has 0 saturated carbocycles. The lowest BCUT2D eigenvalue weighted by atomic mass is 10.3. The lowest BCUT2D eigenvalue weighted by molar-refractivity contribution is 0.195. The molecular formula is C12H18ClN5OS. The zero-order valence-electron chi connectivity index (χ0n) is 11.5. The molecule has 0 bridgehead atoms. The summed E-state index contributed by atoms with van der Waals surface area (Å²) >= 11 is 7.52. The Bertz CT molecular complexity index is 529. The Morgan fingerprint density at radius 1 is 1.50 bits per heavy atom. The van der Waals surface area contributed by atoms with Crippen molar-refractivity contribution >= 4 is 22.9 Å². The number of thiophene rings is 1. The molecule has 2 rings (SSSR count). The van der Waals surface area contributed by atoms with Crippen molar-refractivity contribution in [1.82, 2.24) is 25.5 Å². The van der Waals surface area contributed by atoms with Crippen LogP contribution in [0.4, 0.5) is 0 Å². The van der Waals surface area contributed by atoms with Crippen LogP contribution in [-0.2, 0) is 17.7 Å². The minimum absolute atomic E-state index is 0.0899. The molecule has 2 heterocycles. The van der Waals surface area contributed by atoms with E-state index in [-0.39, 0.29) is 6.04 Å². The lowest BCUT2D eigenvalue weighted by Crippen LogP contribution is -2.26. The summed E-state index contributed by atoms with van der Waals surface area (Å²) in [6.45, 7) is 4.22. The molecule has 8 heteroatoms. The summed E-state index contributed by atoms with van der Waals surface area (Å²) in [6, 6.07) is 4.04. The number of hydrogen-bond acceptors (Lipinski definition) is 6. The van der Waals surface area contributed by atoms with Gasteiger partial charge in [0.05, 0.1) is 17.0 Å². The first kappa shape index (κ1) is 15.4. The maximum absolute atomic E-state index is 5.92. The fourth-order valence-corrected chi connectivity index (χ4v) is 2.93. The Hall–Kier alpha value is -1.02. The molecule has 110 valence electrons. The van der Waals surface area contributed by atoms with Crippen LogP contribution in [0.25, 0.3) is 0 Å². The summed E-state index contributed by atoms with van der Waals surface area (Å²) < 4.78 is 7.66. The summed E-state index contributed by atoms with van der Waals surface area (Å²) in [5.74, 6) is 0.837. The Kier molecular flexibility index (Phi) is 5.90. The van der Waals surface area contributed by atoms with Gasteiger partial charge in [0.2, 0.25) is 0 Å². The van der Waals surface area contributed by atoms with E-state index in [4.69, 9.17) is 16.3 Å². The van der Waals surface area contributed by atoms with Gasteiger partial charge in [0.15, 0.2) is 5.82 Å². The minimum Gasteiger partial charge on any atom is -0.383 e. The number of aromatic nitrogens is 4. The number of halogens is 1. The van der Waals surface area contributed by atoms with Gasteiger partial charge in [-0.1, -0.05) is 11.6 Å². The molecule has 20 heavy (non-hydrogen) atoms. The van der Waals surface area contributed by atoms with E-state index in [1.54, 1.807) is 18.4 Å². The first-order valence-electron chi connectivity index (χ1n) is 6.43. The second-order valence-electron chi connectivity index (χ2n) is 4.38. The van der Waals surface area contributed by atoms with Gasteiger partial charge in [0.25, 0.3) is 0 Å². The zero-order valence-corrected chi connectivity index (χ0v) is 13.1. The van der Waals surface area contributed by atoms with Crippen molar-refractivity contribution in [2.24, 2.45) is 0 Å². The van der Waals surface area contributed by atoms with Crippen LogP contribution in [-0.4, -0.2) is 40.5 Å². The van der Waals surface area contributed by atoms with Crippen molar-refractivity contribution < 1.29 is 4.74 Å². The molecule has 0 aliphatic heterocycles. The molecule has 0 spiro atoms. The van der Waals surface area contributed by atoms with E-state index < -0.39 is 0 Å². The molecule has 0 fully saturated rings. The van der Waals surface area contributed by atoms with Crippen molar-refractivity contribution in [2.75, 3.05) is 20.3 Å². The third-order valence-electron chi connectivity index (χ3n) is 2.90. The van der Waals surface area contributed by atoms with E-state index in [0.29, 0.717) is 6.61 Å². The predicted molar refractivity (Wildman–Crippen MR) is 79.1 cm³/mol. The zero-order chi connectivity index (χ0) is 14.4. The molecular weight excluding hydrogens is 298 g/mol. The van der Waals surface area contributed by atoms with E-state index in [9.17, 15) is 0 Å². The van der Waals surface area contributed by atoms with Crippen molar-refractivity contribution in [1.29, 1.82) is 0 Å². The number of aryl methyl sites for hydroxylation is 2.